The fourth-order valence-corrected chi connectivity index (χ4v) is 1.96. The Morgan fingerprint density at radius 2 is 2.29 bits per heavy atom. The molecule has 1 unspecified atom stereocenters. The van der Waals surface area contributed by atoms with Crippen molar-refractivity contribution in [3.05, 3.63) is 10.4 Å². The number of carboxylic acid groups (broad SMARTS) is 1. The molecule has 0 aliphatic carbocycles. The molecule has 17 heavy (non-hydrogen) atoms. The van der Waals surface area contributed by atoms with Gasteiger partial charge in [-0.15, -0.1) is 0 Å². The molecule has 7 heteroatoms. The van der Waals surface area contributed by atoms with Crippen molar-refractivity contribution < 1.29 is 14.6 Å². The minimum absolute atomic E-state index is 0.126. The number of hydrogen-bond acceptors (Lipinski definition) is 4. The van der Waals surface area contributed by atoms with Gasteiger partial charge in [0.2, 0.25) is 0 Å². The molecule has 1 saturated heterocycles. The second-order valence-corrected chi connectivity index (χ2v) is 4.03. The standard InChI is InChI=1S/C10H18N4O3/c11-14-13-5-1-4-12-9(10(15)16)8-2-6-17-7-3-8/h8-9,12H,1-7H2,(H,15,16). The molecule has 1 heterocycles. The molecule has 96 valence electrons. The number of aliphatic carboxylic acids is 1. The molecule has 0 aromatic carbocycles. The van der Waals surface area contributed by atoms with Crippen molar-refractivity contribution in [2.75, 3.05) is 26.3 Å². The van der Waals surface area contributed by atoms with E-state index >= 15 is 0 Å². The second kappa shape index (κ2) is 7.89. The van der Waals surface area contributed by atoms with Crippen molar-refractivity contribution in [3.63, 3.8) is 0 Å². The first-order valence-corrected chi connectivity index (χ1v) is 5.80. The summed E-state index contributed by atoms with van der Waals surface area (Å²) in [5.41, 5.74) is 8.10. The van der Waals surface area contributed by atoms with Gasteiger partial charge in [0.1, 0.15) is 6.04 Å². The lowest BCUT2D eigenvalue weighted by Gasteiger charge is -2.28. The van der Waals surface area contributed by atoms with Crippen molar-refractivity contribution in [3.8, 4) is 0 Å². The highest BCUT2D eigenvalue weighted by Crippen LogP contribution is 2.19. The third-order valence-corrected chi connectivity index (χ3v) is 2.87. The molecule has 0 amide bonds. The van der Waals surface area contributed by atoms with Crippen LogP contribution in [0.15, 0.2) is 5.11 Å². The second-order valence-electron chi connectivity index (χ2n) is 4.03. The van der Waals surface area contributed by atoms with Gasteiger partial charge >= 0.3 is 5.97 Å². The molecule has 0 aromatic heterocycles. The van der Waals surface area contributed by atoms with Crippen molar-refractivity contribution in [1.29, 1.82) is 0 Å². The largest absolute Gasteiger partial charge is 0.480 e. The van der Waals surface area contributed by atoms with Crippen LogP contribution in [0.5, 0.6) is 0 Å². The van der Waals surface area contributed by atoms with Gasteiger partial charge in [-0.05, 0) is 37.3 Å². The predicted molar refractivity (Wildman–Crippen MR) is 61.6 cm³/mol. The summed E-state index contributed by atoms with van der Waals surface area (Å²) in [6.07, 6.45) is 2.21. The fourth-order valence-electron chi connectivity index (χ4n) is 1.96. The summed E-state index contributed by atoms with van der Waals surface area (Å²) in [4.78, 5) is 13.8. The van der Waals surface area contributed by atoms with Crippen LogP contribution in [-0.4, -0.2) is 43.4 Å². The maximum Gasteiger partial charge on any atom is 0.320 e. The van der Waals surface area contributed by atoms with Gasteiger partial charge < -0.3 is 15.2 Å². The first kappa shape index (κ1) is 13.8. The number of carboxylic acids is 1. The van der Waals surface area contributed by atoms with Crippen LogP contribution in [0.1, 0.15) is 19.3 Å². The summed E-state index contributed by atoms with van der Waals surface area (Å²) in [7, 11) is 0. The Morgan fingerprint density at radius 1 is 1.59 bits per heavy atom. The van der Waals surface area contributed by atoms with E-state index < -0.39 is 12.0 Å². The van der Waals surface area contributed by atoms with Crippen LogP contribution in [-0.2, 0) is 9.53 Å². The van der Waals surface area contributed by atoms with E-state index in [1.807, 2.05) is 0 Å². The summed E-state index contributed by atoms with van der Waals surface area (Å²) in [5.74, 6) is -0.693. The Hall–Kier alpha value is -1.30. The third-order valence-electron chi connectivity index (χ3n) is 2.87. The molecule has 0 bridgehead atoms. The molecule has 0 radical (unpaired) electrons. The molecule has 1 atom stereocenters. The summed E-state index contributed by atoms with van der Waals surface area (Å²) in [6, 6.07) is -0.523. The van der Waals surface area contributed by atoms with Crippen LogP contribution in [0, 0.1) is 5.92 Å². The van der Waals surface area contributed by atoms with E-state index in [1.165, 1.54) is 0 Å². The number of nitrogens with zero attached hydrogens (tertiary/aromatic N) is 3. The Bertz CT molecular complexity index is 285. The molecular weight excluding hydrogens is 224 g/mol. The summed E-state index contributed by atoms with van der Waals surface area (Å²) >= 11 is 0. The number of hydrogen-bond donors (Lipinski definition) is 2. The van der Waals surface area contributed by atoms with E-state index in [-0.39, 0.29) is 5.92 Å². The lowest BCUT2D eigenvalue weighted by atomic mass is 9.91. The molecule has 1 rings (SSSR count). The molecular formula is C10H18N4O3. The molecule has 1 aliphatic rings. The van der Waals surface area contributed by atoms with Gasteiger partial charge in [0.25, 0.3) is 0 Å². The van der Waals surface area contributed by atoms with Crippen molar-refractivity contribution in [1.82, 2.24) is 5.32 Å². The highest BCUT2D eigenvalue weighted by Gasteiger charge is 2.28. The molecule has 2 N–H and O–H groups in total. The van der Waals surface area contributed by atoms with E-state index in [1.54, 1.807) is 0 Å². The Morgan fingerprint density at radius 3 is 2.88 bits per heavy atom. The zero-order valence-electron chi connectivity index (χ0n) is 9.71. The maximum absolute atomic E-state index is 11.1. The number of carbonyl (C=O) groups is 1. The third kappa shape index (κ3) is 5.04. The Labute approximate surface area is 99.8 Å². The smallest absolute Gasteiger partial charge is 0.320 e. The van der Waals surface area contributed by atoms with E-state index in [0.717, 1.165) is 12.8 Å². The van der Waals surface area contributed by atoms with E-state index in [9.17, 15) is 4.79 Å². The molecule has 0 saturated carbocycles. The molecule has 0 aromatic rings. The molecule has 7 nitrogen and oxygen atoms in total. The highest BCUT2D eigenvalue weighted by molar-refractivity contribution is 5.73. The summed E-state index contributed by atoms with van der Waals surface area (Å²) in [6.45, 7) is 2.21. The summed E-state index contributed by atoms with van der Waals surface area (Å²) in [5, 5.41) is 15.6. The minimum Gasteiger partial charge on any atom is -0.480 e. The average Bonchev–Trinajstić information content (AvgIpc) is 2.34. The average molecular weight is 242 g/mol. The highest BCUT2D eigenvalue weighted by atomic mass is 16.5. The van der Waals surface area contributed by atoms with Crippen molar-refractivity contribution in [2.45, 2.75) is 25.3 Å². The maximum atomic E-state index is 11.1. The Balaban J connectivity index is 2.32. The first-order valence-electron chi connectivity index (χ1n) is 5.80. The topological polar surface area (TPSA) is 107 Å². The molecule has 1 aliphatic heterocycles. The first-order chi connectivity index (χ1) is 8.25. The van der Waals surface area contributed by atoms with Crippen LogP contribution in [0.25, 0.3) is 10.4 Å². The number of azide groups is 1. The molecule has 0 spiro atoms. The van der Waals surface area contributed by atoms with Gasteiger partial charge in [0, 0.05) is 24.7 Å². The van der Waals surface area contributed by atoms with Gasteiger partial charge in [0.05, 0.1) is 0 Å². The SMILES string of the molecule is [N-]=[N+]=NCCCNC(C(=O)O)C1CCOCC1. The van der Waals surface area contributed by atoms with Crippen LogP contribution in [0.3, 0.4) is 0 Å². The van der Waals surface area contributed by atoms with Crippen LogP contribution >= 0.6 is 0 Å². The minimum atomic E-state index is -0.819. The predicted octanol–water partition coefficient (Wildman–Crippen LogP) is 1.16. The van der Waals surface area contributed by atoms with Gasteiger partial charge in [0.15, 0.2) is 0 Å². The van der Waals surface area contributed by atoms with Crippen LogP contribution < -0.4 is 5.32 Å². The zero-order valence-corrected chi connectivity index (χ0v) is 9.71. The Kier molecular flexibility index (Phi) is 6.39. The normalized spacial score (nSPS) is 18.4. The van der Waals surface area contributed by atoms with Crippen LogP contribution in [0.4, 0.5) is 0 Å². The monoisotopic (exact) mass is 242 g/mol. The van der Waals surface area contributed by atoms with Gasteiger partial charge in [-0.3, -0.25) is 4.79 Å². The van der Waals surface area contributed by atoms with Gasteiger partial charge in [-0.1, -0.05) is 5.11 Å². The fraction of sp³-hybridized carbons (Fsp3) is 0.900. The summed E-state index contributed by atoms with van der Waals surface area (Å²) < 4.78 is 5.21. The van der Waals surface area contributed by atoms with Gasteiger partial charge in [-0.2, -0.15) is 0 Å². The van der Waals surface area contributed by atoms with Crippen LogP contribution in [0.2, 0.25) is 0 Å². The molecule has 1 fully saturated rings. The van der Waals surface area contributed by atoms with E-state index in [0.29, 0.717) is 32.7 Å². The number of nitrogens with one attached hydrogen (secondary N) is 1. The lowest BCUT2D eigenvalue weighted by molar-refractivity contribution is -0.142. The van der Waals surface area contributed by atoms with Gasteiger partial charge in [-0.25, -0.2) is 0 Å². The van der Waals surface area contributed by atoms with E-state index in [4.69, 9.17) is 15.4 Å². The number of rotatable bonds is 7. The van der Waals surface area contributed by atoms with E-state index in [2.05, 4.69) is 15.3 Å². The van der Waals surface area contributed by atoms with Crippen molar-refractivity contribution in [2.24, 2.45) is 11.0 Å². The lowest BCUT2D eigenvalue weighted by Crippen LogP contribution is -2.45. The van der Waals surface area contributed by atoms with Crippen molar-refractivity contribution >= 4 is 5.97 Å². The number of ether oxygens (including phenoxy) is 1. The quantitative estimate of drug-likeness (QED) is 0.302. The zero-order chi connectivity index (χ0) is 12.5.